The zero-order valence-corrected chi connectivity index (χ0v) is 13.9. The van der Waals surface area contributed by atoms with Crippen LogP contribution in [0.4, 0.5) is 0 Å². The van der Waals surface area contributed by atoms with Crippen molar-refractivity contribution < 1.29 is 18.9 Å². The van der Waals surface area contributed by atoms with E-state index in [1.165, 1.54) is 0 Å². The van der Waals surface area contributed by atoms with E-state index >= 15 is 0 Å². The van der Waals surface area contributed by atoms with Crippen molar-refractivity contribution in [2.24, 2.45) is 0 Å². The number of halogens is 2. The summed E-state index contributed by atoms with van der Waals surface area (Å²) in [7, 11) is 0. The van der Waals surface area contributed by atoms with Gasteiger partial charge in [0, 0.05) is 0 Å². The highest BCUT2D eigenvalue weighted by atomic mass is 35.5. The molecular formula is C14H22Cl2O4. The Morgan fingerprint density at radius 2 is 1.15 bits per heavy atom. The maximum absolute atomic E-state index is 6.06. The highest BCUT2D eigenvalue weighted by Gasteiger charge is 2.47. The standard InChI is InChI=1S/C14H22Cl2O4/c1-11(2)17-9-13(7-15,19-11)5-6-14(8-16)10-18-12(3,4)20-14/h5-6H,7-10H2,1-4H3/t13-,14-/m1/s1. The van der Waals surface area contributed by atoms with Crippen LogP contribution in [0.2, 0.25) is 0 Å². The molecule has 116 valence electrons. The van der Waals surface area contributed by atoms with Crippen molar-refractivity contribution >= 4 is 23.2 Å². The zero-order valence-electron chi connectivity index (χ0n) is 12.4. The molecule has 0 aromatic heterocycles. The smallest absolute Gasteiger partial charge is 0.164 e. The summed E-state index contributed by atoms with van der Waals surface area (Å²) < 4.78 is 23.0. The fourth-order valence-electron chi connectivity index (χ4n) is 2.38. The van der Waals surface area contributed by atoms with Gasteiger partial charge in [0.15, 0.2) is 11.6 Å². The third-order valence-corrected chi connectivity index (χ3v) is 4.27. The second kappa shape index (κ2) is 5.41. The summed E-state index contributed by atoms with van der Waals surface area (Å²) >= 11 is 12.1. The highest BCUT2D eigenvalue weighted by Crippen LogP contribution is 2.37. The molecule has 0 aliphatic carbocycles. The average molecular weight is 325 g/mol. The molecule has 2 fully saturated rings. The third-order valence-electron chi connectivity index (χ3n) is 3.37. The molecule has 0 bridgehead atoms. The normalized spacial score (nSPS) is 39.7. The molecule has 2 rings (SSSR count). The number of hydrogen-bond acceptors (Lipinski definition) is 4. The van der Waals surface area contributed by atoms with Crippen molar-refractivity contribution in [2.45, 2.75) is 50.5 Å². The number of alkyl halides is 2. The van der Waals surface area contributed by atoms with Gasteiger partial charge in [0.2, 0.25) is 0 Å². The van der Waals surface area contributed by atoms with Gasteiger partial charge in [0.25, 0.3) is 0 Å². The molecule has 2 aliphatic rings. The fourth-order valence-corrected chi connectivity index (χ4v) is 2.82. The van der Waals surface area contributed by atoms with E-state index in [9.17, 15) is 0 Å². The van der Waals surface area contributed by atoms with Crippen LogP contribution in [0.15, 0.2) is 12.2 Å². The molecular weight excluding hydrogens is 303 g/mol. The highest BCUT2D eigenvalue weighted by molar-refractivity contribution is 6.19. The van der Waals surface area contributed by atoms with Crippen molar-refractivity contribution in [2.75, 3.05) is 25.0 Å². The third kappa shape index (κ3) is 3.49. The molecule has 20 heavy (non-hydrogen) atoms. The minimum Gasteiger partial charge on any atom is -0.347 e. The molecule has 2 heterocycles. The SMILES string of the molecule is CC1(C)OC[C@@](C=C[C@@]2(CCl)COC(C)(C)O2)(CCl)O1. The van der Waals surface area contributed by atoms with E-state index in [4.69, 9.17) is 42.1 Å². The largest absolute Gasteiger partial charge is 0.347 e. The maximum Gasteiger partial charge on any atom is 0.164 e. The first kappa shape index (κ1) is 16.5. The summed E-state index contributed by atoms with van der Waals surface area (Å²) in [6, 6.07) is 0. The van der Waals surface area contributed by atoms with E-state index < -0.39 is 22.8 Å². The van der Waals surface area contributed by atoms with Gasteiger partial charge in [-0.2, -0.15) is 0 Å². The van der Waals surface area contributed by atoms with E-state index in [2.05, 4.69) is 0 Å². The van der Waals surface area contributed by atoms with Crippen LogP contribution in [0, 0.1) is 0 Å². The van der Waals surface area contributed by atoms with Crippen LogP contribution in [-0.2, 0) is 18.9 Å². The molecule has 0 amide bonds. The lowest BCUT2D eigenvalue weighted by atomic mass is 10.0. The van der Waals surface area contributed by atoms with E-state index in [1.807, 2.05) is 39.8 Å². The van der Waals surface area contributed by atoms with E-state index in [-0.39, 0.29) is 0 Å². The quantitative estimate of drug-likeness (QED) is 0.588. The second-order valence-electron chi connectivity index (χ2n) is 6.31. The Hall–Kier alpha value is 0.160. The van der Waals surface area contributed by atoms with Crippen molar-refractivity contribution in [1.29, 1.82) is 0 Å². The van der Waals surface area contributed by atoms with Crippen LogP contribution in [0.25, 0.3) is 0 Å². The van der Waals surface area contributed by atoms with Crippen molar-refractivity contribution in [3.05, 3.63) is 12.2 Å². The van der Waals surface area contributed by atoms with Crippen LogP contribution >= 0.6 is 23.2 Å². The van der Waals surface area contributed by atoms with Gasteiger partial charge in [-0.25, -0.2) is 0 Å². The molecule has 0 radical (unpaired) electrons. The number of hydrogen-bond donors (Lipinski definition) is 0. The van der Waals surface area contributed by atoms with Crippen LogP contribution in [0.5, 0.6) is 0 Å². The van der Waals surface area contributed by atoms with E-state index in [0.717, 1.165) is 0 Å². The molecule has 2 atom stereocenters. The van der Waals surface area contributed by atoms with Crippen LogP contribution in [0.3, 0.4) is 0 Å². The van der Waals surface area contributed by atoms with Crippen LogP contribution in [-0.4, -0.2) is 47.8 Å². The van der Waals surface area contributed by atoms with Crippen LogP contribution in [0.1, 0.15) is 27.7 Å². The molecule has 0 N–H and O–H groups in total. The van der Waals surface area contributed by atoms with Gasteiger partial charge in [-0.05, 0) is 27.7 Å². The predicted octanol–water partition coefficient (Wildman–Crippen LogP) is 3.06. The Morgan fingerprint density at radius 1 is 0.800 bits per heavy atom. The molecule has 0 saturated carbocycles. The first-order chi connectivity index (χ1) is 9.16. The lowest BCUT2D eigenvalue weighted by molar-refractivity contribution is -0.151. The summed E-state index contributed by atoms with van der Waals surface area (Å²) in [5.41, 5.74) is -1.31. The van der Waals surface area contributed by atoms with E-state index in [1.54, 1.807) is 0 Å². The molecule has 6 heteroatoms. The average Bonchev–Trinajstić information content (AvgIpc) is 2.86. The Kier molecular flexibility index (Phi) is 4.48. The van der Waals surface area contributed by atoms with E-state index in [0.29, 0.717) is 25.0 Å². The van der Waals surface area contributed by atoms with Crippen LogP contribution < -0.4 is 0 Å². The van der Waals surface area contributed by atoms with Gasteiger partial charge in [-0.3, -0.25) is 0 Å². The lowest BCUT2D eigenvalue weighted by Crippen LogP contribution is -2.38. The molecule has 4 nitrogen and oxygen atoms in total. The predicted molar refractivity (Wildman–Crippen MR) is 78.3 cm³/mol. The Morgan fingerprint density at radius 3 is 1.35 bits per heavy atom. The fraction of sp³-hybridized carbons (Fsp3) is 0.857. The van der Waals surface area contributed by atoms with Gasteiger partial charge in [0.1, 0.15) is 11.2 Å². The molecule has 0 aromatic carbocycles. The molecule has 0 unspecified atom stereocenters. The van der Waals surface area contributed by atoms with Crippen molar-refractivity contribution in [3.63, 3.8) is 0 Å². The summed E-state index contributed by atoms with van der Waals surface area (Å²) in [6.07, 6.45) is 3.78. The van der Waals surface area contributed by atoms with Crippen molar-refractivity contribution in [3.8, 4) is 0 Å². The monoisotopic (exact) mass is 324 g/mol. The summed E-state index contributed by atoms with van der Waals surface area (Å²) in [6.45, 7) is 8.27. The Labute approximate surface area is 130 Å². The summed E-state index contributed by atoms with van der Waals surface area (Å²) in [4.78, 5) is 0. The lowest BCUT2D eigenvalue weighted by Gasteiger charge is -2.27. The zero-order chi connectivity index (χ0) is 15.1. The molecule has 0 spiro atoms. The Bertz CT molecular complexity index is 361. The summed E-state index contributed by atoms with van der Waals surface area (Å²) in [5, 5.41) is 0. The van der Waals surface area contributed by atoms with Crippen molar-refractivity contribution in [1.82, 2.24) is 0 Å². The minimum absolute atomic E-state index is 0.301. The molecule has 2 aliphatic heterocycles. The Balaban J connectivity index is 2.15. The summed E-state index contributed by atoms with van der Waals surface area (Å²) in [5.74, 6) is -0.676. The molecule has 0 aromatic rings. The molecule has 2 saturated heterocycles. The first-order valence-corrected chi connectivity index (χ1v) is 7.73. The van der Waals surface area contributed by atoms with Gasteiger partial charge >= 0.3 is 0 Å². The van der Waals surface area contributed by atoms with Gasteiger partial charge < -0.3 is 18.9 Å². The maximum atomic E-state index is 6.06. The second-order valence-corrected chi connectivity index (χ2v) is 6.85. The number of rotatable bonds is 4. The first-order valence-electron chi connectivity index (χ1n) is 6.66. The van der Waals surface area contributed by atoms with Gasteiger partial charge in [-0.15, -0.1) is 23.2 Å². The minimum atomic E-state index is -0.653. The van der Waals surface area contributed by atoms with Gasteiger partial charge in [-0.1, -0.05) is 12.2 Å². The van der Waals surface area contributed by atoms with Gasteiger partial charge in [0.05, 0.1) is 25.0 Å². The number of ether oxygens (including phenoxy) is 4. The topological polar surface area (TPSA) is 36.9 Å².